The Morgan fingerprint density at radius 1 is 1.00 bits per heavy atom. The fraction of sp³-hybridized carbons (Fsp3) is 0.391. The predicted octanol–water partition coefficient (Wildman–Crippen LogP) is 5.00. The van der Waals surface area contributed by atoms with E-state index in [-0.39, 0.29) is 5.82 Å². The number of aromatic nitrogens is 2. The van der Waals surface area contributed by atoms with E-state index in [0.29, 0.717) is 35.2 Å². The maximum atomic E-state index is 14.0. The Morgan fingerprint density at radius 3 is 2.47 bits per heavy atom. The zero-order valence-electron chi connectivity index (χ0n) is 17.3. The molecule has 0 amide bonds. The number of hydrogen-bond donors (Lipinski definition) is 2. The molecule has 1 aromatic heterocycles. The van der Waals surface area contributed by atoms with Crippen LogP contribution in [0.4, 0.5) is 16.2 Å². The molecule has 0 bridgehead atoms. The lowest BCUT2D eigenvalue weighted by atomic mass is 9.91. The van der Waals surface area contributed by atoms with Gasteiger partial charge < -0.3 is 15.5 Å². The van der Waals surface area contributed by atoms with Crippen LogP contribution in [-0.4, -0.2) is 36.1 Å². The van der Waals surface area contributed by atoms with Crippen LogP contribution in [0.25, 0.3) is 10.9 Å². The Morgan fingerprint density at radius 2 is 1.73 bits per heavy atom. The predicted molar refractivity (Wildman–Crippen MR) is 122 cm³/mol. The number of para-hydroxylation sites is 1. The Hall–Kier alpha value is -2.44. The van der Waals surface area contributed by atoms with E-state index < -0.39 is 0 Å². The monoisotopic (exact) mass is 427 g/mol. The molecule has 2 N–H and O–H groups in total. The van der Waals surface area contributed by atoms with Crippen molar-refractivity contribution in [2.75, 3.05) is 24.3 Å². The molecule has 7 heteroatoms. The van der Waals surface area contributed by atoms with E-state index in [1.165, 1.54) is 6.07 Å². The highest BCUT2D eigenvalue weighted by atomic mass is 35.5. The van der Waals surface area contributed by atoms with E-state index in [4.69, 9.17) is 21.6 Å². The smallest absolute Gasteiger partial charge is 0.225 e. The first-order valence-corrected chi connectivity index (χ1v) is 10.8. The van der Waals surface area contributed by atoms with Gasteiger partial charge in [-0.15, -0.1) is 0 Å². The first-order valence-electron chi connectivity index (χ1n) is 10.4. The van der Waals surface area contributed by atoms with Crippen molar-refractivity contribution in [2.24, 2.45) is 0 Å². The van der Waals surface area contributed by atoms with Gasteiger partial charge in [0.2, 0.25) is 5.95 Å². The Labute approximate surface area is 181 Å². The fourth-order valence-corrected chi connectivity index (χ4v) is 4.27. The van der Waals surface area contributed by atoms with Crippen LogP contribution in [0.3, 0.4) is 0 Å². The molecule has 0 radical (unpaired) electrons. The van der Waals surface area contributed by atoms with Crippen LogP contribution >= 0.6 is 11.6 Å². The van der Waals surface area contributed by atoms with Crippen molar-refractivity contribution in [3.05, 3.63) is 58.9 Å². The molecule has 1 aliphatic carbocycles. The molecule has 3 aromatic rings. The maximum Gasteiger partial charge on any atom is 0.225 e. The molecule has 158 valence electrons. The van der Waals surface area contributed by atoms with Crippen molar-refractivity contribution in [1.29, 1.82) is 0 Å². The zero-order chi connectivity index (χ0) is 21.1. The number of halogens is 2. The molecular weight excluding hydrogens is 401 g/mol. The van der Waals surface area contributed by atoms with E-state index in [1.807, 2.05) is 43.3 Å². The van der Waals surface area contributed by atoms with Gasteiger partial charge in [-0.1, -0.05) is 29.8 Å². The summed E-state index contributed by atoms with van der Waals surface area (Å²) in [4.78, 5) is 11.5. The van der Waals surface area contributed by atoms with Gasteiger partial charge in [-0.25, -0.2) is 9.37 Å². The highest BCUT2D eigenvalue weighted by Crippen LogP contribution is 2.27. The molecule has 1 saturated carbocycles. The van der Waals surface area contributed by atoms with Gasteiger partial charge in [-0.2, -0.15) is 4.98 Å². The van der Waals surface area contributed by atoms with Crippen molar-refractivity contribution in [1.82, 2.24) is 15.3 Å². The molecule has 1 fully saturated rings. The lowest BCUT2D eigenvalue weighted by molar-refractivity contribution is 0.350. The Kier molecular flexibility index (Phi) is 6.35. The second-order valence-corrected chi connectivity index (χ2v) is 8.46. The lowest BCUT2D eigenvalue weighted by Crippen LogP contribution is -2.37. The number of nitrogens with zero attached hydrogens (tertiary/aromatic N) is 3. The number of benzene rings is 2. The van der Waals surface area contributed by atoms with Gasteiger partial charge in [-0.05, 0) is 49.9 Å². The third kappa shape index (κ3) is 4.65. The molecule has 1 heterocycles. The summed E-state index contributed by atoms with van der Waals surface area (Å²) >= 11 is 6.13. The van der Waals surface area contributed by atoms with Crippen molar-refractivity contribution >= 4 is 34.3 Å². The molecular formula is C23H27ClFN5. The van der Waals surface area contributed by atoms with Crippen molar-refractivity contribution in [2.45, 2.75) is 44.3 Å². The maximum absolute atomic E-state index is 14.0. The minimum Gasteiger partial charge on any atom is -0.362 e. The number of anilines is 2. The number of hydrogen-bond acceptors (Lipinski definition) is 5. The molecule has 4 rings (SSSR count). The molecule has 1 aliphatic rings. The van der Waals surface area contributed by atoms with Crippen LogP contribution in [0, 0.1) is 5.82 Å². The molecule has 0 aliphatic heterocycles. The van der Waals surface area contributed by atoms with E-state index >= 15 is 0 Å². The summed E-state index contributed by atoms with van der Waals surface area (Å²) in [6, 6.07) is 13.6. The van der Waals surface area contributed by atoms with Gasteiger partial charge >= 0.3 is 0 Å². The van der Waals surface area contributed by atoms with Crippen LogP contribution in [0.5, 0.6) is 0 Å². The summed E-state index contributed by atoms with van der Waals surface area (Å²) in [5.41, 5.74) is 1.48. The average molecular weight is 428 g/mol. The molecule has 30 heavy (non-hydrogen) atoms. The van der Waals surface area contributed by atoms with E-state index in [9.17, 15) is 4.39 Å². The zero-order valence-corrected chi connectivity index (χ0v) is 18.1. The summed E-state index contributed by atoms with van der Waals surface area (Å²) in [5.74, 6) is 1.34. The minimum absolute atomic E-state index is 0.254. The van der Waals surface area contributed by atoms with E-state index in [2.05, 4.69) is 10.6 Å². The lowest BCUT2D eigenvalue weighted by Gasteiger charge is -2.30. The van der Waals surface area contributed by atoms with Crippen LogP contribution in [0.2, 0.25) is 5.02 Å². The normalized spacial score (nSPS) is 19.1. The van der Waals surface area contributed by atoms with Crippen molar-refractivity contribution in [3.8, 4) is 0 Å². The standard InChI is InChI=1S/C23H27ClFN5/c1-30(2)22-17-6-3-4-9-21(17)28-23(29-22)27-16-12-10-15(11-13-16)26-14-18-19(24)7-5-8-20(18)25/h3-9,15-16,26H,10-14H2,1-2H3,(H,27,28,29). The highest BCUT2D eigenvalue weighted by Gasteiger charge is 2.22. The summed E-state index contributed by atoms with van der Waals surface area (Å²) in [6.45, 7) is 0.453. The Bertz CT molecular complexity index is 997. The van der Waals surface area contributed by atoms with E-state index in [1.54, 1.807) is 12.1 Å². The molecule has 0 saturated heterocycles. The number of fused-ring (bicyclic) bond motifs is 1. The summed E-state index contributed by atoms with van der Waals surface area (Å²) < 4.78 is 14.0. The molecule has 0 atom stereocenters. The summed E-state index contributed by atoms with van der Waals surface area (Å²) in [6.07, 6.45) is 4.04. The van der Waals surface area contributed by atoms with Crippen molar-refractivity contribution in [3.63, 3.8) is 0 Å². The van der Waals surface area contributed by atoms with Crippen LogP contribution < -0.4 is 15.5 Å². The number of nitrogens with one attached hydrogen (secondary N) is 2. The first kappa shape index (κ1) is 20.8. The molecule has 5 nitrogen and oxygen atoms in total. The largest absolute Gasteiger partial charge is 0.362 e. The van der Waals surface area contributed by atoms with Gasteiger partial charge in [0.25, 0.3) is 0 Å². The highest BCUT2D eigenvalue weighted by molar-refractivity contribution is 6.31. The molecule has 0 spiro atoms. The first-order chi connectivity index (χ1) is 14.5. The van der Waals surface area contributed by atoms with Crippen LogP contribution in [0.1, 0.15) is 31.2 Å². The van der Waals surface area contributed by atoms with E-state index in [0.717, 1.165) is 42.4 Å². The second-order valence-electron chi connectivity index (χ2n) is 8.06. The summed E-state index contributed by atoms with van der Waals surface area (Å²) in [5, 5.41) is 8.51. The molecule has 2 aromatic carbocycles. The third-order valence-electron chi connectivity index (χ3n) is 5.70. The third-order valence-corrected chi connectivity index (χ3v) is 6.05. The summed E-state index contributed by atoms with van der Waals surface area (Å²) in [7, 11) is 3.99. The average Bonchev–Trinajstić information content (AvgIpc) is 2.74. The quantitative estimate of drug-likeness (QED) is 0.579. The van der Waals surface area contributed by atoms with Crippen LogP contribution in [-0.2, 0) is 6.54 Å². The molecule has 0 unspecified atom stereocenters. The SMILES string of the molecule is CN(C)c1nc(NC2CCC(NCc3c(F)cccc3Cl)CC2)nc2ccccc12. The van der Waals surface area contributed by atoms with Gasteiger partial charge in [-0.3, -0.25) is 0 Å². The van der Waals surface area contributed by atoms with Crippen LogP contribution in [0.15, 0.2) is 42.5 Å². The van der Waals surface area contributed by atoms with Gasteiger partial charge in [0.15, 0.2) is 0 Å². The fourth-order valence-electron chi connectivity index (χ4n) is 4.04. The van der Waals surface area contributed by atoms with Crippen molar-refractivity contribution < 1.29 is 4.39 Å². The number of rotatable bonds is 6. The van der Waals surface area contributed by atoms with Gasteiger partial charge in [0, 0.05) is 48.7 Å². The minimum atomic E-state index is -0.254. The van der Waals surface area contributed by atoms with Gasteiger partial charge in [0.1, 0.15) is 11.6 Å². The topological polar surface area (TPSA) is 53.1 Å². The van der Waals surface area contributed by atoms with Gasteiger partial charge in [0.05, 0.1) is 5.52 Å². The Balaban J connectivity index is 1.36. The second kappa shape index (κ2) is 9.14.